The molecule has 0 unspecified atom stereocenters. The van der Waals surface area contributed by atoms with Gasteiger partial charge >= 0.3 is 5.97 Å². The molecule has 0 amide bonds. The van der Waals surface area contributed by atoms with E-state index in [0.717, 1.165) is 10.9 Å². The van der Waals surface area contributed by atoms with E-state index in [1.807, 2.05) is 55.5 Å². The van der Waals surface area contributed by atoms with Crippen molar-refractivity contribution < 1.29 is 14.3 Å². The molecule has 1 atom stereocenters. The third kappa shape index (κ3) is 4.03. The Kier molecular flexibility index (Phi) is 5.99. The molecule has 0 aliphatic rings. The van der Waals surface area contributed by atoms with Crippen LogP contribution in [0.3, 0.4) is 0 Å². The average molecular weight is 438 g/mol. The second-order valence-electron chi connectivity index (χ2n) is 6.87. The first-order valence-corrected chi connectivity index (χ1v) is 11.0. The summed E-state index contributed by atoms with van der Waals surface area (Å²) >= 11 is 1.20. The maximum atomic E-state index is 13.5. The van der Waals surface area contributed by atoms with Gasteiger partial charge in [0.05, 0.1) is 18.9 Å². The first-order chi connectivity index (χ1) is 15.0. The van der Waals surface area contributed by atoms with Crippen molar-refractivity contribution >= 4 is 39.7 Å². The molecule has 7 nitrogen and oxygen atoms in total. The number of hydrogen-bond donors (Lipinski definition) is 1. The van der Waals surface area contributed by atoms with Crippen molar-refractivity contribution in [2.24, 2.45) is 0 Å². The van der Waals surface area contributed by atoms with Crippen molar-refractivity contribution in [1.82, 2.24) is 14.5 Å². The van der Waals surface area contributed by atoms with Crippen LogP contribution in [0.5, 0.6) is 5.75 Å². The number of aromatic amines is 1. The highest BCUT2D eigenvalue weighted by atomic mass is 32.2. The van der Waals surface area contributed by atoms with E-state index in [4.69, 9.17) is 14.5 Å². The van der Waals surface area contributed by atoms with E-state index in [1.54, 1.807) is 13.8 Å². The minimum absolute atomic E-state index is 0.232. The summed E-state index contributed by atoms with van der Waals surface area (Å²) in [5, 5.41) is 0.759. The number of benzene rings is 2. The van der Waals surface area contributed by atoms with Crippen molar-refractivity contribution in [2.75, 3.05) is 13.2 Å². The van der Waals surface area contributed by atoms with E-state index in [2.05, 4.69) is 4.98 Å². The molecule has 0 radical (unpaired) electrons. The molecule has 8 heteroatoms. The minimum atomic E-state index is -0.525. The number of ether oxygens (including phenoxy) is 2. The average Bonchev–Trinajstić information content (AvgIpc) is 3.14. The SMILES string of the molecule is CCOC(=O)[C@H](C)Sc1nc2c([nH]c3ccccc32)c(=O)n1-c1ccc(OCC)cc1. The molecule has 1 N–H and O–H groups in total. The summed E-state index contributed by atoms with van der Waals surface area (Å²) in [4.78, 5) is 33.8. The second-order valence-corrected chi connectivity index (χ2v) is 8.18. The number of H-pyrrole nitrogens is 1. The molecular weight excluding hydrogens is 414 g/mol. The highest BCUT2D eigenvalue weighted by molar-refractivity contribution is 8.00. The first kappa shape index (κ1) is 21.0. The van der Waals surface area contributed by atoms with Crippen molar-refractivity contribution in [3.8, 4) is 11.4 Å². The fraction of sp³-hybridized carbons (Fsp3) is 0.261. The molecule has 0 aliphatic carbocycles. The van der Waals surface area contributed by atoms with Crippen LogP contribution in [0.25, 0.3) is 27.6 Å². The summed E-state index contributed by atoms with van der Waals surface area (Å²) in [6.07, 6.45) is 0. The van der Waals surface area contributed by atoms with Crippen LogP contribution < -0.4 is 10.3 Å². The normalized spacial score (nSPS) is 12.2. The molecule has 0 bridgehead atoms. The number of fused-ring (bicyclic) bond motifs is 3. The number of thioether (sulfide) groups is 1. The van der Waals surface area contributed by atoms with Crippen LogP contribution in [0.2, 0.25) is 0 Å². The lowest BCUT2D eigenvalue weighted by atomic mass is 10.2. The molecule has 31 heavy (non-hydrogen) atoms. The fourth-order valence-corrected chi connectivity index (χ4v) is 4.29. The van der Waals surface area contributed by atoms with Gasteiger partial charge in [0.2, 0.25) is 0 Å². The standard InChI is InChI=1S/C23H23N3O4S/c1-4-29-16-12-10-15(11-13-16)26-21(27)20-19(17-8-6-7-9-18(17)24-20)25-23(26)31-14(3)22(28)30-5-2/h6-14,24H,4-5H2,1-3H3/t14-/m0/s1. The zero-order chi connectivity index (χ0) is 22.0. The lowest BCUT2D eigenvalue weighted by Gasteiger charge is -2.15. The smallest absolute Gasteiger partial charge is 0.319 e. The number of nitrogens with one attached hydrogen (secondary N) is 1. The maximum absolute atomic E-state index is 13.5. The van der Waals surface area contributed by atoms with Gasteiger partial charge in [-0.15, -0.1) is 0 Å². The largest absolute Gasteiger partial charge is 0.494 e. The lowest BCUT2D eigenvalue weighted by molar-refractivity contribution is -0.142. The molecule has 0 aliphatic heterocycles. The Morgan fingerprint density at radius 3 is 2.58 bits per heavy atom. The van der Waals surface area contributed by atoms with E-state index in [9.17, 15) is 9.59 Å². The Hall–Kier alpha value is -3.26. The fourth-order valence-electron chi connectivity index (χ4n) is 3.37. The van der Waals surface area contributed by atoms with Gasteiger partial charge in [0.25, 0.3) is 5.56 Å². The van der Waals surface area contributed by atoms with E-state index >= 15 is 0 Å². The van der Waals surface area contributed by atoms with Gasteiger partial charge in [-0.1, -0.05) is 30.0 Å². The lowest BCUT2D eigenvalue weighted by Crippen LogP contribution is -2.24. The van der Waals surface area contributed by atoms with Crippen LogP contribution in [0.4, 0.5) is 0 Å². The number of para-hydroxylation sites is 1. The van der Waals surface area contributed by atoms with Crippen LogP contribution in [0.1, 0.15) is 20.8 Å². The Labute approximate surface area is 183 Å². The summed E-state index contributed by atoms with van der Waals surface area (Å²) < 4.78 is 12.2. The zero-order valence-electron chi connectivity index (χ0n) is 17.5. The van der Waals surface area contributed by atoms with Crippen LogP contribution in [0.15, 0.2) is 58.5 Å². The van der Waals surface area contributed by atoms with Gasteiger partial charge in [-0.05, 0) is 51.1 Å². The number of rotatable bonds is 7. The molecule has 0 saturated heterocycles. The molecule has 2 aromatic carbocycles. The Balaban J connectivity index is 1.91. The van der Waals surface area contributed by atoms with Gasteiger partial charge in [0.1, 0.15) is 22.0 Å². The molecule has 160 valence electrons. The van der Waals surface area contributed by atoms with Gasteiger partial charge < -0.3 is 14.5 Å². The van der Waals surface area contributed by atoms with Gasteiger partial charge in [-0.25, -0.2) is 4.98 Å². The second kappa shape index (κ2) is 8.85. The molecule has 2 aromatic heterocycles. The monoisotopic (exact) mass is 437 g/mol. The van der Waals surface area contributed by atoms with Crippen LogP contribution >= 0.6 is 11.8 Å². The predicted octanol–water partition coefficient (Wildman–Crippen LogP) is 4.31. The summed E-state index contributed by atoms with van der Waals surface area (Å²) in [6, 6.07) is 14.9. The predicted molar refractivity (Wildman–Crippen MR) is 122 cm³/mol. The molecular formula is C23H23N3O4S. The number of aromatic nitrogens is 3. The quantitative estimate of drug-likeness (QED) is 0.263. The Morgan fingerprint density at radius 2 is 1.87 bits per heavy atom. The molecule has 0 saturated carbocycles. The highest BCUT2D eigenvalue weighted by Gasteiger charge is 2.22. The number of esters is 1. The van der Waals surface area contributed by atoms with Gasteiger partial charge in [0.15, 0.2) is 5.16 Å². The number of carbonyl (C=O) groups is 1. The van der Waals surface area contributed by atoms with E-state index in [1.165, 1.54) is 16.3 Å². The third-order valence-electron chi connectivity index (χ3n) is 4.80. The first-order valence-electron chi connectivity index (χ1n) is 10.1. The third-order valence-corrected chi connectivity index (χ3v) is 5.83. The molecule has 2 heterocycles. The summed E-state index contributed by atoms with van der Waals surface area (Å²) in [5.74, 6) is 0.368. The van der Waals surface area contributed by atoms with E-state index in [0.29, 0.717) is 40.8 Å². The van der Waals surface area contributed by atoms with Crippen LogP contribution in [0, 0.1) is 0 Å². The number of nitrogens with zero attached hydrogens (tertiary/aromatic N) is 2. The number of carbonyl (C=O) groups excluding carboxylic acids is 1. The summed E-state index contributed by atoms with van der Waals surface area (Å²) in [6.45, 7) is 6.28. The van der Waals surface area contributed by atoms with Gasteiger partial charge in [0, 0.05) is 10.9 Å². The molecule has 0 fully saturated rings. The maximum Gasteiger partial charge on any atom is 0.319 e. The van der Waals surface area contributed by atoms with Gasteiger partial charge in [-0.2, -0.15) is 0 Å². The van der Waals surface area contributed by atoms with Crippen molar-refractivity contribution in [3.05, 3.63) is 58.9 Å². The topological polar surface area (TPSA) is 86.2 Å². The van der Waals surface area contributed by atoms with Crippen LogP contribution in [-0.4, -0.2) is 39.0 Å². The molecule has 0 spiro atoms. The summed E-state index contributed by atoms with van der Waals surface area (Å²) in [7, 11) is 0. The molecule has 4 rings (SSSR count). The van der Waals surface area contributed by atoms with Crippen molar-refractivity contribution in [1.29, 1.82) is 0 Å². The van der Waals surface area contributed by atoms with Crippen LogP contribution in [-0.2, 0) is 9.53 Å². The Bertz CT molecular complexity index is 1290. The zero-order valence-corrected chi connectivity index (χ0v) is 18.4. The van der Waals surface area contributed by atoms with E-state index < -0.39 is 5.25 Å². The number of hydrogen-bond acceptors (Lipinski definition) is 6. The highest BCUT2D eigenvalue weighted by Crippen LogP contribution is 2.29. The summed E-state index contributed by atoms with van der Waals surface area (Å²) in [5.41, 5.74) is 2.24. The van der Waals surface area contributed by atoms with Gasteiger partial charge in [-0.3, -0.25) is 14.2 Å². The minimum Gasteiger partial charge on any atom is -0.494 e. The van der Waals surface area contributed by atoms with Crippen molar-refractivity contribution in [3.63, 3.8) is 0 Å². The van der Waals surface area contributed by atoms with Crippen molar-refractivity contribution in [2.45, 2.75) is 31.2 Å². The Morgan fingerprint density at radius 1 is 1.13 bits per heavy atom. The molecule has 4 aromatic rings. The van der Waals surface area contributed by atoms with E-state index in [-0.39, 0.29) is 11.5 Å².